The Morgan fingerprint density at radius 1 is 1.50 bits per heavy atom. The van der Waals surface area contributed by atoms with Gasteiger partial charge in [0.05, 0.1) is 12.5 Å². The molecule has 0 amide bonds. The molecule has 1 aliphatic carbocycles. The van der Waals surface area contributed by atoms with Gasteiger partial charge in [0.1, 0.15) is 0 Å². The molecule has 1 heterocycles. The molecule has 3 unspecified atom stereocenters. The van der Waals surface area contributed by atoms with Gasteiger partial charge in [-0.15, -0.1) is 0 Å². The number of carbonyl (C=O) groups excluding carboxylic acids is 1. The van der Waals surface area contributed by atoms with Gasteiger partial charge < -0.3 is 4.74 Å². The summed E-state index contributed by atoms with van der Waals surface area (Å²) in [6.07, 6.45) is 4.78. The minimum atomic E-state index is 0.0644. The van der Waals surface area contributed by atoms with Crippen LogP contribution < -0.4 is 0 Å². The Hall–Kier alpha value is -0.530. The molecule has 0 N–H and O–H groups in total. The fourth-order valence-electron chi connectivity index (χ4n) is 2.52. The van der Waals surface area contributed by atoms with Gasteiger partial charge in [-0.05, 0) is 25.2 Å². The number of rotatable bonds is 1. The molecule has 0 spiro atoms. The second-order valence-electron chi connectivity index (χ2n) is 4.08. The number of hydrogen-bond donors (Lipinski definition) is 0. The standard InChI is InChI=1S/C10H16O2/c1-2-7-3-4-9-8(5-7)6-12-10(9)11/h7-9H,2-6H2,1H3. The highest BCUT2D eigenvalue weighted by Gasteiger charge is 2.40. The third-order valence-corrected chi connectivity index (χ3v) is 3.41. The molecule has 1 saturated carbocycles. The van der Waals surface area contributed by atoms with Crippen LogP contribution in [0.25, 0.3) is 0 Å². The van der Waals surface area contributed by atoms with Crippen LogP contribution in [0.4, 0.5) is 0 Å². The quantitative estimate of drug-likeness (QED) is 0.560. The maximum Gasteiger partial charge on any atom is 0.309 e. The lowest BCUT2D eigenvalue weighted by molar-refractivity contribution is -0.141. The van der Waals surface area contributed by atoms with Crippen LogP contribution in [0.3, 0.4) is 0 Å². The Kier molecular flexibility index (Phi) is 2.07. The van der Waals surface area contributed by atoms with Gasteiger partial charge >= 0.3 is 5.97 Å². The Bertz CT molecular complexity index is 188. The SMILES string of the molecule is CCC1CCC2C(=O)OCC2C1. The largest absolute Gasteiger partial charge is 0.465 e. The van der Waals surface area contributed by atoms with Crippen LogP contribution in [0, 0.1) is 17.8 Å². The van der Waals surface area contributed by atoms with E-state index in [2.05, 4.69) is 6.92 Å². The molecule has 12 heavy (non-hydrogen) atoms. The van der Waals surface area contributed by atoms with Crippen molar-refractivity contribution in [1.29, 1.82) is 0 Å². The maximum absolute atomic E-state index is 11.2. The van der Waals surface area contributed by atoms with Crippen LogP contribution in [-0.2, 0) is 9.53 Å². The Balaban J connectivity index is 1.99. The fourth-order valence-corrected chi connectivity index (χ4v) is 2.52. The van der Waals surface area contributed by atoms with Crippen molar-refractivity contribution < 1.29 is 9.53 Å². The third kappa shape index (κ3) is 1.23. The van der Waals surface area contributed by atoms with Crippen LogP contribution in [0.15, 0.2) is 0 Å². The summed E-state index contributed by atoms with van der Waals surface area (Å²) in [5, 5.41) is 0. The van der Waals surface area contributed by atoms with Gasteiger partial charge in [0.25, 0.3) is 0 Å². The van der Waals surface area contributed by atoms with E-state index in [1.54, 1.807) is 0 Å². The monoisotopic (exact) mass is 168 g/mol. The molecule has 0 bridgehead atoms. The van der Waals surface area contributed by atoms with E-state index in [0.717, 1.165) is 12.3 Å². The molecule has 2 aliphatic rings. The van der Waals surface area contributed by atoms with Crippen molar-refractivity contribution in [2.75, 3.05) is 6.61 Å². The smallest absolute Gasteiger partial charge is 0.309 e. The van der Waals surface area contributed by atoms with Crippen LogP contribution >= 0.6 is 0 Å². The molecule has 2 heteroatoms. The van der Waals surface area contributed by atoms with Crippen molar-refractivity contribution in [3.05, 3.63) is 0 Å². The van der Waals surface area contributed by atoms with Crippen molar-refractivity contribution in [3.63, 3.8) is 0 Å². The lowest BCUT2D eigenvalue weighted by Gasteiger charge is -2.27. The Morgan fingerprint density at radius 3 is 3.08 bits per heavy atom. The summed E-state index contributed by atoms with van der Waals surface area (Å²) in [5.74, 6) is 1.72. The zero-order valence-electron chi connectivity index (χ0n) is 7.58. The van der Waals surface area contributed by atoms with E-state index >= 15 is 0 Å². The first-order valence-corrected chi connectivity index (χ1v) is 4.98. The van der Waals surface area contributed by atoms with Crippen LogP contribution in [0.2, 0.25) is 0 Å². The van der Waals surface area contributed by atoms with Gasteiger partial charge in [-0.3, -0.25) is 4.79 Å². The highest BCUT2D eigenvalue weighted by atomic mass is 16.5. The van der Waals surface area contributed by atoms with E-state index in [9.17, 15) is 4.79 Å². The molecule has 2 fully saturated rings. The first kappa shape index (κ1) is 8.09. The molecule has 1 saturated heterocycles. The number of hydrogen-bond acceptors (Lipinski definition) is 2. The second-order valence-corrected chi connectivity index (χ2v) is 4.08. The van der Waals surface area contributed by atoms with Gasteiger partial charge in [0.2, 0.25) is 0 Å². The summed E-state index contributed by atoms with van der Waals surface area (Å²) < 4.78 is 5.05. The van der Waals surface area contributed by atoms with E-state index < -0.39 is 0 Å². The maximum atomic E-state index is 11.2. The zero-order chi connectivity index (χ0) is 8.55. The summed E-state index contributed by atoms with van der Waals surface area (Å²) >= 11 is 0. The van der Waals surface area contributed by atoms with Crippen LogP contribution in [0.1, 0.15) is 32.6 Å². The Labute approximate surface area is 73.3 Å². The average molecular weight is 168 g/mol. The Morgan fingerprint density at radius 2 is 2.33 bits per heavy atom. The fraction of sp³-hybridized carbons (Fsp3) is 0.900. The van der Waals surface area contributed by atoms with Gasteiger partial charge in [-0.1, -0.05) is 13.3 Å². The summed E-state index contributed by atoms with van der Waals surface area (Å²) in [7, 11) is 0. The number of fused-ring (bicyclic) bond motifs is 1. The molecule has 0 aromatic carbocycles. The molecular weight excluding hydrogens is 152 g/mol. The second kappa shape index (κ2) is 3.08. The van der Waals surface area contributed by atoms with E-state index in [0.29, 0.717) is 12.5 Å². The number of esters is 1. The molecule has 3 atom stereocenters. The van der Waals surface area contributed by atoms with E-state index in [4.69, 9.17) is 4.74 Å². The number of ether oxygens (including phenoxy) is 1. The minimum Gasteiger partial charge on any atom is -0.465 e. The summed E-state index contributed by atoms with van der Waals surface area (Å²) in [4.78, 5) is 11.2. The van der Waals surface area contributed by atoms with Crippen molar-refractivity contribution >= 4 is 5.97 Å². The first-order valence-electron chi connectivity index (χ1n) is 4.98. The van der Waals surface area contributed by atoms with Gasteiger partial charge in [-0.25, -0.2) is 0 Å². The van der Waals surface area contributed by atoms with Gasteiger partial charge in [0.15, 0.2) is 0 Å². The average Bonchev–Trinajstić information content (AvgIpc) is 2.47. The van der Waals surface area contributed by atoms with Crippen molar-refractivity contribution in [2.45, 2.75) is 32.6 Å². The molecular formula is C10H16O2. The van der Waals surface area contributed by atoms with Crippen molar-refractivity contribution in [2.24, 2.45) is 17.8 Å². The molecule has 0 aromatic heterocycles. The molecule has 1 aliphatic heterocycles. The molecule has 2 rings (SSSR count). The minimum absolute atomic E-state index is 0.0644. The number of carbonyl (C=O) groups is 1. The molecule has 68 valence electrons. The molecule has 0 aromatic rings. The van der Waals surface area contributed by atoms with Crippen molar-refractivity contribution in [1.82, 2.24) is 0 Å². The highest BCUT2D eigenvalue weighted by Crippen LogP contribution is 2.39. The normalized spacial score (nSPS) is 40.8. The van der Waals surface area contributed by atoms with Gasteiger partial charge in [0, 0.05) is 5.92 Å². The van der Waals surface area contributed by atoms with Crippen LogP contribution in [0.5, 0.6) is 0 Å². The first-order chi connectivity index (χ1) is 5.81. The predicted molar refractivity (Wildman–Crippen MR) is 45.6 cm³/mol. The highest BCUT2D eigenvalue weighted by molar-refractivity contribution is 5.74. The van der Waals surface area contributed by atoms with E-state index in [-0.39, 0.29) is 11.9 Å². The predicted octanol–water partition coefficient (Wildman–Crippen LogP) is 1.99. The summed E-state index contributed by atoms with van der Waals surface area (Å²) in [6, 6.07) is 0. The summed E-state index contributed by atoms with van der Waals surface area (Å²) in [5.41, 5.74) is 0. The summed E-state index contributed by atoms with van der Waals surface area (Å²) in [6.45, 7) is 2.93. The lowest BCUT2D eigenvalue weighted by Crippen LogP contribution is -2.24. The van der Waals surface area contributed by atoms with Crippen molar-refractivity contribution in [3.8, 4) is 0 Å². The third-order valence-electron chi connectivity index (χ3n) is 3.41. The molecule has 2 nitrogen and oxygen atoms in total. The number of cyclic esters (lactones) is 1. The topological polar surface area (TPSA) is 26.3 Å². The molecule has 0 radical (unpaired) electrons. The zero-order valence-corrected chi connectivity index (χ0v) is 7.58. The van der Waals surface area contributed by atoms with Crippen LogP contribution in [-0.4, -0.2) is 12.6 Å². The van der Waals surface area contributed by atoms with Gasteiger partial charge in [-0.2, -0.15) is 0 Å². The van der Waals surface area contributed by atoms with E-state index in [1.807, 2.05) is 0 Å². The lowest BCUT2D eigenvalue weighted by atomic mass is 9.75. The van der Waals surface area contributed by atoms with E-state index in [1.165, 1.54) is 19.3 Å².